The lowest BCUT2D eigenvalue weighted by Crippen LogP contribution is -2.04. The molecule has 2 rings (SSSR count). The maximum atomic E-state index is 10.4. The van der Waals surface area contributed by atoms with Gasteiger partial charge in [-0.05, 0) is 23.8 Å². The highest BCUT2D eigenvalue weighted by Gasteiger charge is 2.18. The molecular formula is C14H13Cl2NO3. The third kappa shape index (κ3) is 2.98. The van der Waals surface area contributed by atoms with Crippen molar-refractivity contribution < 1.29 is 14.6 Å². The van der Waals surface area contributed by atoms with E-state index in [1.54, 1.807) is 25.3 Å². The Morgan fingerprint density at radius 1 is 1.10 bits per heavy atom. The van der Waals surface area contributed by atoms with Gasteiger partial charge in [0.05, 0.1) is 30.0 Å². The van der Waals surface area contributed by atoms with E-state index in [-0.39, 0.29) is 0 Å². The van der Waals surface area contributed by atoms with Crippen molar-refractivity contribution in [3.63, 3.8) is 0 Å². The Morgan fingerprint density at radius 2 is 1.80 bits per heavy atom. The van der Waals surface area contributed by atoms with Gasteiger partial charge in [0.2, 0.25) is 0 Å². The number of methoxy groups -OCH3 is 2. The number of aliphatic hydroxyl groups excluding tert-OH is 1. The first-order chi connectivity index (χ1) is 9.56. The van der Waals surface area contributed by atoms with Crippen LogP contribution in [0.1, 0.15) is 17.4 Å². The molecule has 0 radical (unpaired) electrons. The minimum Gasteiger partial charge on any atom is -0.493 e. The van der Waals surface area contributed by atoms with Gasteiger partial charge in [-0.3, -0.25) is 4.98 Å². The molecule has 1 aromatic heterocycles. The minimum absolute atomic E-state index is 0.305. The number of ether oxygens (including phenoxy) is 2. The monoisotopic (exact) mass is 313 g/mol. The van der Waals surface area contributed by atoms with Gasteiger partial charge in [-0.1, -0.05) is 29.3 Å². The van der Waals surface area contributed by atoms with Crippen molar-refractivity contribution in [2.45, 2.75) is 6.10 Å². The van der Waals surface area contributed by atoms with E-state index in [1.165, 1.54) is 19.4 Å². The maximum absolute atomic E-state index is 10.4. The van der Waals surface area contributed by atoms with E-state index in [0.29, 0.717) is 32.8 Å². The van der Waals surface area contributed by atoms with Crippen molar-refractivity contribution in [2.75, 3.05) is 14.2 Å². The molecule has 0 saturated carbocycles. The third-order valence-corrected chi connectivity index (χ3v) is 3.33. The van der Waals surface area contributed by atoms with Gasteiger partial charge in [0.1, 0.15) is 6.10 Å². The van der Waals surface area contributed by atoms with E-state index < -0.39 is 6.10 Å². The summed E-state index contributed by atoms with van der Waals surface area (Å²) in [6, 6.07) is 6.64. The summed E-state index contributed by atoms with van der Waals surface area (Å²) in [7, 11) is 3.08. The Hall–Kier alpha value is -1.49. The van der Waals surface area contributed by atoms with Gasteiger partial charge in [-0.15, -0.1) is 0 Å². The van der Waals surface area contributed by atoms with Crippen LogP contribution >= 0.6 is 23.2 Å². The average Bonchev–Trinajstić information content (AvgIpc) is 2.45. The molecule has 0 saturated heterocycles. The lowest BCUT2D eigenvalue weighted by molar-refractivity contribution is 0.214. The average molecular weight is 314 g/mol. The van der Waals surface area contributed by atoms with Gasteiger partial charge in [0.25, 0.3) is 0 Å². The zero-order valence-electron chi connectivity index (χ0n) is 10.9. The SMILES string of the molecule is COc1ccc(C(O)c2ncc(Cl)cc2Cl)cc1OC. The van der Waals surface area contributed by atoms with Crippen molar-refractivity contribution in [2.24, 2.45) is 0 Å². The van der Waals surface area contributed by atoms with Crippen molar-refractivity contribution in [1.82, 2.24) is 4.98 Å². The lowest BCUT2D eigenvalue weighted by atomic mass is 10.1. The lowest BCUT2D eigenvalue weighted by Gasteiger charge is -2.15. The van der Waals surface area contributed by atoms with Crippen LogP contribution in [0, 0.1) is 0 Å². The number of aromatic nitrogens is 1. The summed E-state index contributed by atoms with van der Waals surface area (Å²) >= 11 is 11.8. The Balaban J connectivity index is 2.40. The topological polar surface area (TPSA) is 51.6 Å². The van der Waals surface area contributed by atoms with Gasteiger partial charge in [0, 0.05) is 6.20 Å². The number of pyridine rings is 1. The van der Waals surface area contributed by atoms with Gasteiger partial charge in [0.15, 0.2) is 11.5 Å². The molecular weight excluding hydrogens is 301 g/mol. The molecule has 1 heterocycles. The van der Waals surface area contributed by atoms with Crippen molar-refractivity contribution in [3.8, 4) is 11.5 Å². The summed E-state index contributed by atoms with van der Waals surface area (Å²) in [5.41, 5.74) is 0.933. The summed E-state index contributed by atoms with van der Waals surface area (Å²) in [4.78, 5) is 4.07. The van der Waals surface area contributed by atoms with Crippen LogP contribution in [0.3, 0.4) is 0 Å². The first kappa shape index (κ1) is 14.9. The first-order valence-electron chi connectivity index (χ1n) is 5.77. The molecule has 0 amide bonds. The second-order valence-corrected chi connectivity index (χ2v) is 4.88. The highest BCUT2D eigenvalue weighted by atomic mass is 35.5. The van der Waals surface area contributed by atoms with Gasteiger partial charge in [-0.2, -0.15) is 0 Å². The molecule has 1 unspecified atom stereocenters. The highest BCUT2D eigenvalue weighted by Crippen LogP contribution is 2.33. The van der Waals surface area contributed by atoms with E-state index in [2.05, 4.69) is 4.98 Å². The number of benzene rings is 1. The van der Waals surface area contributed by atoms with E-state index >= 15 is 0 Å². The Bertz CT molecular complexity index is 619. The van der Waals surface area contributed by atoms with Crippen molar-refractivity contribution >= 4 is 23.2 Å². The molecule has 6 heteroatoms. The zero-order chi connectivity index (χ0) is 14.7. The number of hydrogen-bond acceptors (Lipinski definition) is 4. The van der Waals surface area contributed by atoms with E-state index in [9.17, 15) is 5.11 Å². The van der Waals surface area contributed by atoms with Crippen molar-refractivity contribution in [3.05, 3.63) is 51.8 Å². The fourth-order valence-corrected chi connectivity index (χ4v) is 2.29. The molecule has 0 aliphatic carbocycles. The summed E-state index contributed by atoms with van der Waals surface area (Å²) in [6.45, 7) is 0. The minimum atomic E-state index is -0.973. The van der Waals surface area contributed by atoms with Crippen LogP contribution in [0.25, 0.3) is 0 Å². The molecule has 0 bridgehead atoms. The number of nitrogens with zero attached hydrogens (tertiary/aromatic N) is 1. The second-order valence-electron chi connectivity index (χ2n) is 4.04. The van der Waals surface area contributed by atoms with Crippen LogP contribution in [0.4, 0.5) is 0 Å². The van der Waals surface area contributed by atoms with Crippen LogP contribution < -0.4 is 9.47 Å². The van der Waals surface area contributed by atoms with E-state index in [1.807, 2.05) is 0 Å². The third-order valence-electron chi connectivity index (χ3n) is 2.82. The Kier molecular flexibility index (Phi) is 4.70. The predicted molar refractivity (Wildman–Crippen MR) is 77.9 cm³/mol. The van der Waals surface area contributed by atoms with E-state index in [4.69, 9.17) is 32.7 Å². The quantitative estimate of drug-likeness (QED) is 0.938. The molecule has 20 heavy (non-hydrogen) atoms. The predicted octanol–water partition coefficient (Wildman–Crippen LogP) is 3.49. The number of aliphatic hydroxyl groups is 1. The second kappa shape index (κ2) is 6.31. The largest absolute Gasteiger partial charge is 0.493 e. The van der Waals surface area contributed by atoms with Crippen LogP contribution in [0.5, 0.6) is 11.5 Å². The molecule has 0 aliphatic heterocycles. The fourth-order valence-electron chi connectivity index (χ4n) is 1.81. The fraction of sp³-hybridized carbons (Fsp3) is 0.214. The summed E-state index contributed by atoms with van der Waals surface area (Å²) in [5.74, 6) is 1.10. The molecule has 0 spiro atoms. The first-order valence-corrected chi connectivity index (χ1v) is 6.53. The molecule has 4 nitrogen and oxygen atoms in total. The number of hydrogen-bond donors (Lipinski definition) is 1. The Morgan fingerprint density at radius 3 is 2.40 bits per heavy atom. The molecule has 1 N–H and O–H groups in total. The number of rotatable bonds is 4. The van der Waals surface area contributed by atoms with Gasteiger partial charge >= 0.3 is 0 Å². The Labute approximate surface area is 126 Å². The molecule has 1 atom stereocenters. The molecule has 2 aromatic rings. The summed E-state index contributed by atoms with van der Waals surface area (Å²) < 4.78 is 10.4. The van der Waals surface area contributed by atoms with Gasteiger partial charge < -0.3 is 14.6 Å². The molecule has 0 fully saturated rings. The summed E-state index contributed by atoms with van der Waals surface area (Å²) in [6.07, 6.45) is 0.465. The van der Waals surface area contributed by atoms with Crippen LogP contribution in [-0.4, -0.2) is 24.3 Å². The molecule has 1 aromatic carbocycles. The van der Waals surface area contributed by atoms with Crippen LogP contribution in [0.15, 0.2) is 30.5 Å². The molecule has 0 aliphatic rings. The molecule has 106 valence electrons. The zero-order valence-corrected chi connectivity index (χ0v) is 12.4. The maximum Gasteiger partial charge on any atom is 0.161 e. The standard InChI is InChI=1S/C14H13Cl2NO3/c1-19-11-4-3-8(5-12(11)20-2)14(18)13-10(16)6-9(15)7-17-13/h3-7,14,18H,1-2H3. The van der Waals surface area contributed by atoms with Crippen molar-refractivity contribution in [1.29, 1.82) is 0 Å². The normalized spacial score (nSPS) is 12.1. The number of halogens is 2. The van der Waals surface area contributed by atoms with Crippen LogP contribution in [0.2, 0.25) is 10.0 Å². The van der Waals surface area contributed by atoms with Gasteiger partial charge in [-0.25, -0.2) is 0 Å². The highest BCUT2D eigenvalue weighted by molar-refractivity contribution is 6.34. The smallest absolute Gasteiger partial charge is 0.161 e. The summed E-state index contributed by atoms with van der Waals surface area (Å²) in [5, 5.41) is 11.1. The van der Waals surface area contributed by atoms with E-state index in [0.717, 1.165) is 0 Å². The van der Waals surface area contributed by atoms with Crippen LogP contribution in [-0.2, 0) is 0 Å².